The Morgan fingerprint density at radius 3 is 2.52 bits per heavy atom. The highest BCUT2D eigenvalue weighted by Crippen LogP contribution is 2.21. The Morgan fingerprint density at radius 2 is 2.00 bits per heavy atom. The van der Waals surface area contributed by atoms with Gasteiger partial charge in [-0.15, -0.1) is 0 Å². The monoisotopic (exact) mass is 294 g/mol. The minimum Gasteiger partial charge on any atom is -0.343 e. The molecule has 0 spiro atoms. The SMILES string of the molecule is CC.CC(C)C1CCn2nc(C(=O)N(C)C)cc2CN1C. The van der Waals surface area contributed by atoms with Crippen molar-refractivity contribution in [3.8, 4) is 0 Å². The van der Waals surface area contributed by atoms with Crippen LogP contribution in [0.4, 0.5) is 0 Å². The summed E-state index contributed by atoms with van der Waals surface area (Å²) in [6.07, 6.45) is 1.08. The van der Waals surface area contributed by atoms with Gasteiger partial charge in [0.2, 0.25) is 0 Å². The van der Waals surface area contributed by atoms with Crippen LogP contribution in [0.1, 0.15) is 50.3 Å². The molecule has 0 saturated heterocycles. The van der Waals surface area contributed by atoms with Crippen LogP contribution in [0.25, 0.3) is 0 Å². The van der Waals surface area contributed by atoms with Crippen LogP contribution < -0.4 is 0 Å². The summed E-state index contributed by atoms with van der Waals surface area (Å²) in [7, 11) is 5.67. The van der Waals surface area contributed by atoms with Gasteiger partial charge in [0.05, 0.1) is 5.69 Å². The van der Waals surface area contributed by atoms with Crippen molar-refractivity contribution >= 4 is 5.91 Å². The molecule has 5 nitrogen and oxygen atoms in total. The zero-order chi connectivity index (χ0) is 16.2. The Morgan fingerprint density at radius 1 is 1.38 bits per heavy atom. The summed E-state index contributed by atoms with van der Waals surface area (Å²) in [6.45, 7) is 10.3. The van der Waals surface area contributed by atoms with E-state index in [-0.39, 0.29) is 5.91 Å². The van der Waals surface area contributed by atoms with Crippen molar-refractivity contribution < 1.29 is 4.79 Å². The van der Waals surface area contributed by atoms with Crippen LogP contribution in [0.3, 0.4) is 0 Å². The van der Waals surface area contributed by atoms with Crippen molar-refractivity contribution in [2.75, 3.05) is 21.1 Å². The molecule has 1 atom stereocenters. The molecule has 0 radical (unpaired) electrons. The molecular weight excluding hydrogens is 264 g/mol. The van der Waals surface area contributed by atoms with Gasteiger partial charge in [0.15, 0.2) is 5.69 Å². The fraction of sp³-hybridized carbons (Fsp3) is 0.750. The van der Waals surface area contributed by atoms with Crippen LogP contribution in [0.5, 0.6) is 0 Å². The number of aromatic nitrogens is 2. The molecule has 0 aliphatic carbocycles. The maximum Gasteiger partial charge on any atom is 0.273 e. The Labute approximate surface area is 128 Å². The first kappa shape index (κ1) is 17.7. The van der Waals surface area contributed by atoms with E-state index in [2.05, 4.69) is 30.9 Å². The molecular formula is C16H30N4O. The number of hydrogen-bond donors (Lipinski definition) is 0. The van der Waals surface area contributed by atoms with E-state index in [1.165, 1.54) is 0 Å². The minimum absolute atomic E-state index is 0.0244. The highest BCUT2D eigenvalue weighted by Gasteiger charge is 2.25. The molecule has 0 fully saturated rings. The van der Waals surface area contributed by atoms with Gasteiger partial charge in [-0.05, 0) is 25.5 Å². The average Bonchev–Trinajstić information content (AvgIpc) is 2.76. The Balaban J connectivity index is 0.00000106. The summed E-state index contributed by atoms with van der Waals surface area (Å²) in [5, 5.41) is 4.46. The molecule has 2 heterocycles. The third-order valence-electron chi connectivity index (χ3n) is 3.87. The molecule has 0 bridgehead atoms. The second-order valence-electron chi connectivity index (χ2n) is 5.96. The van der Waals surface area contributed by atoms with Gasteiger partial charge in [-0.25, -0.2) is 0 Å². The minimum atomic E-state index is -0.0244. The van der Waals surface area contributed by atoms with Gasteiger partial charge in [-0.3, -0.25) is 14.4 Å². The molecule has 1 aromatic rings. The van der Waals surface area contributed by atoms with Crippen molar-refractivity contribution in [2.45, 2.75) is 53.2 Å². The number of fused-ring (bicyclic) bond motifs is 1. The van der Waals surface area contributed by atoms with Crippen LogP contribution in [-0.2, 0) is 13.1 Å². The topological polar surface area (TPSA) is 41.4 Å². The number of hydrogen-bond acceptors (Lipinski definition) is 3. The van der Waals surface area contributed by atoms with Crippen LogP contribution in [0, 0.1) is 5.92 Å². The van der Waals surface area contributed by atoms with E-state index >= 15 is 0 Å². The first-order valence-corrected chi connectivity index (χ1v) is 7.88. The van der Waals surface area contributed by atoms with Gasteiger partial charge in [-0.2, -0.15) is 5.10 Å². The summed E-state index contributed by atoms with van der Waals surface area (Å²) in [5.74, 6) is 0.612. The third kappa shape index (κ3) is 4.06. The maximum atomic E-state index is 11.9. The van der Waals surface area contributed by atoms with Gasteiger partial charge in [0, 0.05) is 33.2 Å². The van der Waals surface area contributed by atoms with E-state index in [4.69, 9.17) is 0 Å². The summed E-state index contributed by atoms with van der Waals surface area (Å²) in [5.41, 5.74) is 1.69. The van der Waals surface area contributed by atoms with Gasteiger partial charge in [0.1, 0.15) is 0 Å². The van der Waals surface area contributed by atoms with E-state index in [1.54, 1.807) is 19.0 Å². The highest BCUT2D eigenvalue weighted by molar-refractivity contribution is 5.92. The summed E-state index contributed by atoms with van der Waals surface area (Å²) < 4.78 is 2.00. The third-order valence-corrected chi connectivity index (χ3v) is 3.87. The molecule has 1 amide bonds. The lowest BCUT2D eigenvalue weighted by Gasteiger charge is -2.28. The summed E-state index contributed by atoms with van der Waals surface area (Å²) in [4.78, 5) is 15.9. The Bertz CT molecular complexity index is 465. The lowest BCUT2D eigenvalue weighted by Crippen LogP contribution is -2.34. The van der Waals surface area contributed by atoms with E-state index in [1.807, 2.05) is 24.6 Å². The molecule has 1 aliphatic heterocycles. The molecule has 120 valence electrons. The van der Waals surface area contributed by atoms with Gasteiger partial charge < -0.3 is 4.90 Å². The number of carbonyl (C=O) groups excluding carboxylic acids is 1. The second kappa shape index (κ2) is 7.59. The number of carbonyl (C=O) groups is 1. The molecule has 1 aliphatic rings. The molecule has 0 saturated carbocycles. The Hall–Kier alpha value is -1.36. The fourth-order valence-electron chi connectivity index (χ4n) is 2.80. The summed E-state index contributed by atoms with van der Waals surface area (Å²) >= 11 is 0. The van der Waals surface area contributed by atoms with Crippen molar-refractivity contribution in [3.63, 3.8) is 0 Å². The van der Waals surface area contributed by atoms with Crippen molar-refractivity contribution in [1.29, 1.82) is 0 Å². The van der Waals surface area contributed by atoms with Crippen molar-refractivity contribution in [3.05, 3.63) is 17.5 Å². The van der Waals surface area contributed by atoms with E-state index in [0.29, 0.717) is 17.7 Å². The molecule has 0 aromatic carbocycles. The predicted molar refractivity (Wildman–Crippen MR) is 86.3 cm³/mol. The van der Waals surface area contributed by atoms with Gasteiger partial charge >= 0.3 is 0 Å². The predicted octanol–water partition coefficient (Wildman–Crippen LogP) is 2.47. The summed E-state index contributed by atoms with van der Waals surface area (Å²) in [6, 6.07) is 2.51. The maximum absolute atomic E-state index is 11.9. The van der Waals surface area contributed by atoms with Crippen LogP contribution in [0.15, 0.2) is 6.07 Å². The average molecular weight is 294 g/mol. The first-order chi connectivity index (χ1) is 9.90. The number of amides is 1. The van der Waals surface area contributed by atoms with Gasteiger partial charge in [-0.1, -0.05) is 27.7 Å². The smallest absolute Gasteiger partial charge is 0.273 e. The number of aryl methyl sites for hydroxylation is 1. The zero-order valence-corrected chi connectivity index (χ0v) is 14.6. The van der Waals surface area contributed by atoms with Crippen LogP contribution >= 0.6 is 0 Å². The molecule has 2 rings (SSSR count). The lowest BCUT2D eigenvalue weighted by molar-refractivity contribution is 0.0820. The normalized spacial score (nSPS) is 18.6. The fourth-order valence-corrected chi connectivity index (χ4v) is 2.80. The quantitative estimate of drug-likeness (QED) is 0.841. The standard InChI is InChI=1S/C14H24N4O.C2H6/c1-10(2)13-6-7-18-11(9-17(13)5)8-12(15-18)14(19)16(3)4;1-2/h8,10,13H,6-7,9H2,1-5H3;1-2H3. The second-order valence-corrected chi connectivity index (χ2v) is 5.96. The molecule has 5 heteroatoms. The van der Waals surface area contributed by atoms with E-state index in [0.717, 1.165) is 25.2 Å². The number of nitrogens with zero attached hydrogens (tertiary/aromatic N) is 4. The van der Waals surface area contributed by atoms with E-state index < -0.39 is 0 Å². The van der Waals surface area contributed by atoms with Crippen LogP contribution in [0.2, 0.25) is 0 Å². The van der Waals surface area contributed by atoms with Gasteiger partial charge in [0.25, 0.3) is 5.91 Å². The molecule has 21 heavy (non-hydrogen) atoms. The van der Waals surface area contributed by atoms with Crippen LogP contribution in [-0.4, -0.2) is 52.7 Å². The number of rotatable bonds is 2. The van der Waals surface area contributed by atoms with Crippen molar-refractivity contribution in [2.24, 2.45) is 5.92 Å². The molecule has 0 N–H and O–H groups in total. The largest absolute Gasteiger partial charge is 0.343 e. The van der Waals surface area contributed by atoms with Crippen molar-refractivity contribution in [1.82, 2.24) is 19.6 Å². The first-order valence-electron chi connectivity index (χ1n) is 7.88. The molecule has 1 unspecified atom stereocenters. The highest BCUT2D eigenvalue weighted by atomic mass is 16.2. The molecule has 1 aromatic heterocycles. The lowest BCUT2D eigenvalue weighted by atomic mass is 10.00. The zero-order valence-electron chi connectivity index (χ0n) is 14.6. The Kier molecular flexibility index (Phi) is 6.40. The van der Waals surface area contributed by atoms with E-state index in [9.17, 15) is 4.79 Å².